The van der Waals surface area contributed by atoms with Gasteiger partial charge in [-0.1, -0.05) is 13.8 Å². The lowest BCUT2D eigenvalue weighted by Gasteiger charge is -2.39. The van der Waals surface area contributed by atoms with E-state index in [2.05, 4.69) is 24.1 Å². The molecule has 0 spiro atoms. The molecule has 0 bridgehead atoms. The van der Waals surface area contributed by atoms with Crippen molar-refractivity contribution in [2.75, 3.05) is 32.8 Å². The maximum Gasteiger partial charge on any atom is 0.303 e. The first-order valence-corrected chi connectivity index (χ1v) is 7.79. The summed E-state index contributed by atoms with van der Waals surface area (Å²) in [6, 6.07) is 0.424. The van der Waals surface area contributed by atoms with E-state index in [1.165, 1.54) is 0 Å². The molecule has 20 heavy (non-hydrogen) atoms. The number of carboxylic acids is 1. The number of likely N-dealkylation sites (tertiary alicyclic amines) is 1. The Morgan fingerprint density at radius 2 is 2.15 bits per heavy atom. The largest absolute Gasteiger partial charge is 0.481 e. The lowest BCUT2D eigenvalue weighted by molar-refractivity contribution is -0.137. The van der Waals surface area contributed by atoms with Crippen molar-refractivity contribution in [1.29, 1.82) is 0 Å². The third-order valence-electron chi connectivity index (χ3n) is 3.77. The number of hydrogen-bond donors (Lipinski definition) is 3. The minimum atomic E-state index is -0.698. The number of aliphatic carboxylic acids is 1. The zero-order chi connectivity index (χ0) is 15.0. The van der Waals surface area contributed by atoms with E-state index >= 15 is 0 Å². The topological polar surface area (TPSA) is 72.8 Å². The van der Waals surface area contributed by atoms with Crippen molar-refractivity contribution in [2.24, 2.45) is 11.8 Å². The highest BCUT2D eigenvalue weighted by molar-refractivity contribution is 5.66. The zero-order valence-corrected chi connectivity index (χ0v) is 12.8. The van der Waals surface area contributed by atoms with Gasteiger partial charge in [0.05, 0.1) is 0 Å². The Labute approximate surface area is 122 Å². The summed E-state index contributed by atoms with van der Waals surface area (Å²) in [7, 11) is 0. The molecule has 1 rings (SSSR count). The monoisotopic (exact) mass is 286 g/mol. The van der Waals surface area contributed by atoms with E-state index in [-0.39, 0.29) is 13.0 Å². The van der Waals surface area contributed by atoms with Crippen LogP contribution in [0, 0.1) is 11.8 Å². The van der Waals surface area contributed by atoms with Crippen molar-refractivity contribution in [3.05, 3.63) is 0 Å². The molecule has 1 fully saturated rings. The fraction of sp³-hybridized carbons (Fsp3) is 0.933. The molecule has 0 aromatic carbocycles. The first-order valence-electron chi connectivity index (χ1n) is 7.79. The molecule has 2 atom stereocenters. The fourth-order valence-corrected chi connectivity index (χ4v) is 3.04. The highest BCUT2D eigenvalue weighted by Crippen LogP contribution is 2.22. The van der Waals surface area contributed by atoms with Crippen LogP contribution in [0.3, 0.4) is 0 Å². The quantitative estimate of drug-likeness (QED) is 0.555. The maximum absolute atomic E-state index is 10.7. The second-order valence-corrected chi connectivity index (χ2v) is 6.37. The van der Waals surface area contributed by atoms with Crippen molar-refractivity contribution in [2.45, 2.75) is 45.6 Å². The minimum Gasteiger partial charge on any atom is -0.481 e. The number of nitrogens with zero attached hydrogens (tertiary/aromatic N) is 1. The predicted octanol–water partition coefficient (Wildman–Crippen LogP) is 1.17. The molecule has 5 heteroatoms. The van der Waals surface area contributed by atoms with Gasteiger partial charge in [0.2, 0.25) is 0 Å². The lowest BCUT2D eigenvalue weighted by Crippen LogP contribution is -2.50. The van der Waals surface area contributed by atoms with Crippen LogP contribution in [0.4, 0.5) is 0 Å². The van der Waals surface area contributed by atoms with Crippen molar-refractivity contribution in [3.63, 3.8) is 0 Å². The Balaban J connectivity index is 2.45. The lowest BCUT2D eigenvalue weighted by atomic mass is 9.89. The Bertz CT molecular complexity index is 284. The van der Waals surface area contributed by atoms with Crippen molar-refractivity contribution in [3.8, 4) is 0 Å². The third-order valence-corrected chi connectivity index (χ3v) is 3.77. The average Bonchev–Trinajstić information content (AvgIpc) is 2.36. The summed E-state index contributed by atoms with van der Waals surface area (Å²) in [6.45, 7) is 8.61. The van der Waals surface area contributed by atoms with Gasteiger partial charge in [-0.2, -0.15) is 0 Å². The highest BCUT2D eigenvalue weighted by atomic mass is 16.4. The third kappa shape index (κ3) is 7.22. The predicted molar refractivity (Wildman–Crippen MR) is 79.7 cm³/mol. The highest BCUT2D eigenvalue weighted by Gasteiger charge is 2.27. The van der Waals surface area contributed by atoms with Gasteiger partial charge in [-0.3, -0.25) is 4.79 Å². The maximum atomic E-state index is 10.7. The average molecular weight is 286 g/mol. The number of rotatable bonds is 9. The Hall–Kier alpha value is -0.650. The van der Waals surface area contributed by atoms with Crippen LogP contribution in [0.25, 0.3) is 0 Å². The molecule has 1 aliphatic rings. The van der Waals surface area contributed by atoms with Crippen molar-refractivity contribution >= 4 is 5.97 Å². The number of carbonyl (C=O) groups is 1. The molecule has 0 aromatic rings. The van der Waals surface area contributed by atoms with Crippen molar-refractivity contribution < 1.29 is 15.0 Å². The smallest absolute Gasteiger partial charge is 0.303 e. The molecule has 2 unspecified atom stereocenters. The van der Waals surface area contributed by atoms with Crippen LogP contribution in [0.1, 0.15) is 39.5 Å². The molecule has 1 heterocycles. The standard InChI is InChI=1S/C15H30N2O3/c1-12(2)9-17-10-13(4-5-15(19)20)8-14(11-17)16-6-3-7-18/h12-14,16,18H,3-11H2,1-2H3,(H,19,20). The van der Waals surface area contributed by atoms with Gasteiger partial charge in [-0.25, -0.2) is 0 Å². The number of nitrogens with one attached hydrogen (secondary N) is 1. The molecule has 0 saturated carbocycles. The molecule has 3 N–H and O–H groups in total. The van der Waals surface area contributed by atoms with E-state index in [0.29, 0.717) is 17.9 Å². The van der Waals surface area contributed by atoms with Gasteiger partial charge in [0.1, 0.15) is 0 Å². The second-order valence-electron chi connectivity index (χ2n) is 6.37. The summed E-state index contributed by atoms with van der Waals surface area (Å²) in [5.41, 5.74) is 0. The van der Waals surface area contributed by atoms with Crippen LogP contribution < -0.4 is 5.32 Å². The van der Waals surface area contributed by atoms with Crippen LogP contribution in [0.2, 0.25) is 0 Å². The first-order chi connectivity index (χ1) is 9.51. The molecule has 1 saturated heterocycles. The van der Waals surface area contributed by atoms with Crippen LogP contribution in [-0.4, -0.2) is 59.9 Å². The fourth-order valence-electron chi connectivity index (χ4n) is 3.04. The molecule has 5 nitrogen and oxygen atoms in total. The summed E-state index contributed by atoms with van der Waals surface area (Å²) < 4.78 is 0. The first kappa shape index (κ1) is 17.4. The van der Waals surface area contributed by atoms with Crippen molar-refractivity contribution in [1.82, 2.24) is 10.2 Å². The molecule has 0 aromatic heterocycles. The van der Waals surface area contributed by atoms with E-state index in [0.717, 1.165) is 45.4 Å². The molecule has 118 valence electrons. The Morgan fingerprint density at radius 1 is 1.40 bits per heavy atom. The molecule has 0 aliphatic carbocycles. The number of aliphatic hydroxyl groups is 1. The van der Waals surface area contributed by atoms with E-state index in [1.54, 1.807) is 0 Å². The van der Waals surface area contributed by atoms with Gasteiger partial charge in [0.15, 0.2) is 0 Å². The summed E-state index contributed by atoms with van der Waals surface area (Å²) in [5, 5.41) is 21.2. The van der Waals surface area contributed by atoms with E-state index in [1.807, 2.05) is 0 Å². The number of aliphatic hydroxyl groups excluding tert-OH is 1. The van der Waals surface area contributed by atoms with E-state index in [4.69, 9.17) is 10.2 Å². The van der Waals surface area contributed by atoms with Gasteiger partial charge < -0.3 is 20.4 Å². The zero-order valence-electron chi connectivity index (χ0n) is 12.8. The Morgan fingerprint density at radius 3 is 2.75 bits per heavy atom. The number of piperidine rings is 1. The summed E-state index contributed by atoms with van der Waals surface area (Å²) in [5.74, 6) is 0.396. The summed E-state index contributed by atoms with van der Waals surface area (Å²) in [4.78, 5) is 13.2. The number of hydrogen-bond acceptors (Lipinski definition) is 4. The van der Waals surface area contributed by atoms with Crippen LogP contribution >= 0.6 is 0 Å². The van der Waals surface area contributed by atoms with Gasteiger partial charge in [-0.15, -0.1) is 0 Å². The molecule has 0 radical (unpaired) electrons. The van der Waals surface area contributed by atoms with Crippen LogP contribution in [0.5, 0.6) is 0 Å². The second kappa shape index (κ2) is 9.32. The van der Waals surface area contributed by atoms with E-state index in [9.17, 15) is 4.79 Å². The molecule has 1 aliphatic heterocycles. The summed E-state index contributed by atoms with van der Waals surface area (Å²) in [6.07, 6.45) is 2.86. The van der Waals surface area contributed by atoms with Gasteiger partial charge in [0, 0.05) is 38.7 Å². The van der Waals surface area contributed by atoms with E-state index < -0.39 is 5.97 Å². The van der Waals surface area contributed by atoms with Gasteiger partial charge in [0.25, 0.3) is 0 Å². The Kier molecular flexibility index (Phi) is 8.11. The number of carboxylic acid groups (broad SMARTS) is 1. The molecular weight excluding hydrogens is 256 g/mol. The SMILES string of the molecule is CC(C)CN1CC(CCC(=O)O)CC(NCCCO)C1. The van der Waals surface area contributed by atoms with Gasteiger partial charge in [-0.05, 0) is 37.6 Å². The molecular formula is C15H30N2O3. The normalized spacial score (nSPS) is 24.2. The summed E-state index contributed by atoms with van der Waals surface area (Å²) >= 11 is 0. The minimum absolute atomic E-state index is 0.220. The molecule has 0 amide bonds. The van der Waals surface area contributed by atoms with Gasteiger partial charge >= 0.3 is 5.97 Å². The van der Waals surface area contributed by atoms with Crippen LogP contribution in [-0.2, 0) is 4.79 Å². The van der Waals surface area contributed by atoms with Crippen LogP contribution in [0.15, 0.2) is 0 Å².